The molecule has 2 aliphatic heterocycles. The average molecular weight is 374 g/mol. The summed E-state index contributed by atoms with van der Waals surface area (Å²) in [7, 11) is 0. The van der Waals surface area contributed by atoms with Crippen LogP contribution in [-0.2, 0) is 11.3 Å². The van der Waals surface area contributed by atoms with Crippen molar-refractivity contribution < 1.29 is 17.9 Å². The molecule has 0 radical (unpaired) electrons. The summed E-state index contributed by atoms with van der Waals surface area (Å²) in [6.45, 7) is 1.82. The Morgan fingerprint density at radius 3 is 2.63 bits per heavy atom. The molecule has 2 atom stereocenters. The molecule has 0 bridgehead atoms. The quantitative estimate of drug-likeness (QED) is 0.740. The van der Waals surface area contributed by atoms with Gasteiger partial charge in [-0.1, -0.05) is 30.0 Å². The number of halogens is 3. The van der Waals surface area contributed by atoms with Crippen LogP contribution in [0.25, 0.3) is 0 Å². The zero-order valence-electron chi connectivity index (χ0n) is 14.9. The molecule has 1 aromatic heterocycles. The van der Waals surface area contributed by atoms with Gasteiger partial charge in [-0.3, -0.25) is 4.90 Å². The van der Waals surface area contributed by atoms with Crippen LogP contribution in [0.15, 0.2) is 42.6 Å². The Hall–Kier alpha value is -2.23. The number of aromatic nitrogens is 1. The molecule has 27 heavy (non-hydrogen) atoms. The summed E-state index contributed by atoms with van der Waals surface area (Å²) in [4.78, 5) is 1.94. The van der Waals surface area contributed by atoms with E-state index in [9.17, 15) is 13.2 Å². The lowest BCUT2D eigenvalue weighted by molar-refractivity contribution is -0.149. The van der Waals surface area contributed by atoms with Gasteiger partial charge in [0.25, 0.3) is 0 Å². The highest BCUT2D eigenvalue weighted by Crippen LogP contribution is 2.36. The molecule has 0 unspecified atom stereocenters. The normalized spacial score (nSPS) is 22.5. The Kier molecular flexibility index (Phi) is 4.98. The van der Waals surface area contributed by atoms with E-state index in [1.54, 1.807) is 0 Å². The first-order valence-electron chi connectivity index (χ1n) is 9.19. The second-order valence-corrected chi connectivity index (χ2v) is 7.01. The fourth-order valence-electron chi connectivity index (χ4n) is 3.90. The zero-order chi connectivity index (χ0) is 18.9. The number of ether oxygens (including phenoxy) is 1. The van der Waals surface area contributed by atoms with Gasteiger partial charge in [0.15, 0.2) is 0 Å². The van der Waals surface area contributed by atoms with Crippen LogP contribution < -0.4 is 0 Å². The highest BCUT2D eigenvalue weighted by Gasteiger charge is 2.39. The summed E-state index contributed by atoms with van der Waals surface area (Å²) in [6, 6.07) is 11.8. The van der Waals surface area contributed by atoms with Crippen LogP contribution in [0.4, 0.5) is 13.2 Å². The fourth-order valence-corrected chi connectivity index (χ4v) is 3.90. The lowest BCUT2D eigenvalue weighted by Crippen LogP contribution is -2.50. The number of benzene rings is 1. The number of aryl methyl sites for hydroxylation is 1. The molecule has 4 rings (SSSR count). The molecule has 0 saturated carbocycles. The molecule has 2 aliphatic rings. The van der Waals surface area contributed by atoms with Gasteiger partial charge < -0.3 is 9.30 Å². The lowest BCUT2D eigenvalue weighted by Gasteiger charge is -2.44. The van der Waals surface area contributed by atoms with E-state index in [4.69, 9.17) is 4.74 Å². The van der Waals surface area contributed by atoms with Gasteiger partial charge in [0.05, 0.1) is 13.0 Å². The molecule has 0 aliphatic carbocycles. The van der Waals surface area contributed by atoms with Crippen LogP contribution in [0, 0.1) is 11.8 Å². The Morgan fingerprint density at radius 1 is 1.07 bits per heavy atom. The van der Waals surface area contributed by atoms with Gasteiger partial charge in [-0.25, -0.2) is 0 Å². The topological polar surface area (TPSA) is 17.4 Å². The maximum atomic E-state index is 12.6. The van der Waals surface area contributed by atoms with Gasteiger partial charge in [0, 0.05) is 48.7 Å². The molecule has 6 heteroatoms. The highest BCUT2D eigenvalue weighted by atomic mass is 19.4. The smallest absolute Gasteiger partial charge is 0.369 e. The van der Waals surface area contributed by atoms with Gasteiger partial charge in [0.2, 0.25) is 0 Å². The van der Waals surface area contributed by atoms with Gasteiger partial charge >= 0.3 is 6.18 Å². The number of hydrogen-bond donors (Lipinski definition) is 0. The third kappa shape index (κ3) is 4.20. The number of nitrogens with zero attached hydrogens (tertiary/aromatic N) is 2. The third-order valence-electron chi connectivity index (χ3n) is 5.19. The Bertz CT molecular complexity index is 848. The van der Waals surface area contributed by atoms with E-state index in [-0.39, 0.29) is 18.7 Å². The minimum absolute atomic E-state index is 0.00145. The van der Waals surface area contributed by atoms with Crippen LogP contribution in [0.3, 0.4) is 0 Å². The van der Waals surface area contributed by atoms with Crippen molar-refractivity contribution in [3.8, 4) is 11.8 Å². The summed E-state index contributed by atoms with van der Waals surface area (Å²) in [5.41, 5.74) is 2.87. The van der Waals surface area contributed by atoms with Crippen LogP contribution in [0.1, 0.15) is 35.8 Å². The van der Waals surface area contributed by atoms with E-state index in [1.807, 2.05) is 47.5 Å². The van der Waals surface area contributed by atoms with Crippen molar-refractivity contribution in [3.63, 3.8) is 0 Å². The van der Waals surface area contributed by atoms with Crippen LogP contribution >= 0.6 is 0 Å². The van der Waals surface area contributed by atoms with E-state index >= 15 is 0 Å². The molecule has 1 fully saturated rings. The number of hydrogen-bond acceptors (Lipinski definition) is 2. The molecule has 3 nitrogen and oxygen atoms in total. The largest absolute Gasteiger partial charge is 0.390 e. The number of alkyl halides is 3. The number of fused-ring (bicyclic) bond motifs is 3. The van der Waals surface area contributed by atoms with E-state index in [0.29, 0.717) is 13.2 Å². The summed E-state index contributed by atoms with van der Waals surface area (Å²) in [6.07, 6.45) is -2.28. The van der Waals surface area contributed by atoms with Crippen molar-refractivity contribution >= 4 is 0 Å². The molecular formula is C21H21F3N2O. The van der Waals surface area contributed by atoms with Gasteiger partial charge in [-0.2, -0.15) is 13.2 Å². The second-order valence-electron chi connectivity index (χ2n) is 7.01. The first kappa shape index (κ1) is 18.1. The van der Waals surface area contributed by atoms with Crippen LogP contribution in [0.2, 0.25) is 0 Å². The molecule has 2 aromatic rings. The minimum Gasteiger partial charge on any atom is -0.369 e. The van der Waals surface area contributed by atoms with Crippen molar-refractivity contribution in [1.29, 1.82) is 0 Å². The summed E-state index contributed by atoms with van der Waals surface area (Å²) < 4.78 is 46.0. The van der Waals surface area contributed by atoms with Crippen LogP contribution in [0.5, 0.6) is 0 Å². The highest BCUT2D eigenvalue weighted by molar-refractivity contribution is 5.43. The first-order chi connectivity index (χ1) is 13.0. The average Bonchev–Trinajstić information content (AvgIpc) is 3.08. The Balaban J connectivity index is 1.51. The maximum absolute atomic E-state index is 12.6. The van der Waals surface area contributed by atoms with Crippen molar-refractivity contribution in [2.75, 3.05) is 19.7 Å². The van der Waals surface area contributed by atoms with E-state index in [2.05, 4.69) is 16.4 Å². The van der Waals surface area contributed by atoms with Crippen molar-refractivity contribution in [3.05, 3.63) is 59.4 Å². The Morgan fingerprint density at radius 2 is 1.85 bits per heavy atom. The predicted molar refractivity (Wildman–Crippen MR) is 96.2 cm³/mol. The molecule has 142 valence electrons. The maximum Gasteiger partial charge on any atom is 0.390 e. The third-order valence-corrected chi connectivity index (χ3v) is 5.19. The molecule has 0 spiro atoms. The molecule has 1 saturated heterocycles. The SMILES string of the molecule is FC(F)(F)CCN1CCO[C@@H]2c3cc(C#Cc4ccccc4)cn3CC[C@@H]21. The minimum atomic E-state index is -4.12. The standard InChI is InChI=1S/C21H21F3N2O/c22-21(23,24)9-11-25-12-13-27-20-18(25)8-10-26-15-17(14-19(20)26)7-6-16-4-2-1-3-5-16/h1-5,14-15,18,20H,8-13H2/t18-,20-/m0/s1. The van der Waals surface area contributed by atoms with E-state index < -0.39 is 12.6 Å². The first-order valence-corrected chi connectivity index (χ1v) is 9.19. The predicted octanol–water partition coefficient (Wildman–Crippen LogP) is 3.99. The molecule has 0 amide bonds. The fraction of sp³-hybridized carbons (Fsp3) is 0.429. The van der Waals surface area contributed by atoms with Crippen LogP contribution in [-0.4, -0.2) is 41.4 Å². The summed E-state index contributed by atoms with van der Waals surface area (Å²) in [5.74, 6) is 6.33. The molecule has 0 N–H and O–H groups in total. The van der Waals surface area contributed by atoms with Crippen molar-refractivity contribution in [2.45, 2.75) is 37.7 Å². The van der Waals surface area contributed by atoms with Crippen molar-refractivity contribution in [2.24, 2.45) is 0 Å². The summed E-state index contributed by atoms with van der Waals surface area (Å²) >= 11 is 0. The van der Waals surface area contributed by atoms with Gasteiger partial charge in [-0.05, 0) is 24.6 Å². The number of rotatable bonds is 2. The monoisotopic (exact) mass is 374 g/mol. The van der Waals surface area contributed by atoms with E-state index in [1.165, 1.54) is 0 Å². The zero-order valence-corrected chi connectivity index (χ0v) is 14.9. The molecular weight excluding hydrogens is 353 g/mol. The van der Waals surface area contributed by atoms with Gasteiger partial charge in [-0.15, -0.1) is 0 Å². The molecule has 3 heterocycles. The summed E-state index contributed by atoms with van der Waals surface area (Å²) in [5, 5.41) is 0. The lowest BCUT2D eigenvalue weighted by atomic mass is 9.97. The molecule has 1 aromatic carbocycles. The Labute approximate surface area is 156 Å². The van der Waals surface area contributed by atoms with Crippen molar-refractivity contribution in [1.82, 2.24) is 9.47 Å². The second kappa shape index (κ2) is 7.41. The number of morpholine rings is 1. The van der Waals surface area contributed by atoms with Gasteiger partial charge in [0.1, 0.15) is 6.10 Å². The van der Waals surface area contributed by atoms with E-state index in [0.717, 1.165) is 29.8 Å².